The zero-order valence-corrected chi connectivity index (χ0v) is 12.8. The van der Waals surface area contributed by atoms with Crippen molar-refractivity contribution in [3.63, 3.8) is 0 Å². The van der Waals surface area contributed by atoms with Crippen molar-refractivity contribution in [1.29, 1.82) is 0 Å². The molecule has 7 nitrogen and oxygen atoms in total. The molecule has 0 radical (unpaired) electrons. The van der Waals surface area contributed by atoms with Gasteiger partial charge < -0.3 is 20.1 Å². The predicted molar refractivity (Wildman–Crippen MR) is 77.1 cm³/mol. The summed E-state index contributed by atoms with van der Waals surface area (Å²) in [6, 6.07) is 0. The summed E-state index contributed by atoms with van der Waals surface area (Å²) in [6.07, 6.45) is -0.461. The summed E-state index contributed by atoms with van der Waals surface area (Å²) in [6.45, 7) is 8.67. The molecule has 120 valence electrons. The molecule has 2 rings (SSSR count). The van der Waals surface area contributed by atoms with Crippen LogP contribution in [-0.2, 0) is 14.3 Å². The van der Waals surface area contributed by atoms with Crippen molar-refractivity contribution >= 4 is 11.9 Å². The van der Waals surface area contributed by atoms with Gasteiger partial charge in [-0.05, 0) is 13.8 Å². The Hall–Kier alpha value is -1.18. The third-order valence-corrected chi connectivity index (χ3v) is 4.26. The molecule has 1 unspecified atom stereocenters. The zero-order valence-electron chi connectivity index (χ0n) is 12.8. The molecule has 0 bridgehead atoms. The van der Waals surface area contributed by atoms with E-state index < -0.39 is 17.6 Å². The van der Waals surface area contributed by atoms with Crippen LogP contribution >= 0.6 is 0 Å². The summed E-state index contributed by atoms with van der Waals surface area (Å²) >= 11 is 0. The number of rotatable bonds is 4. The third-order valence-electron chi connectivity index (χ3n) is 4.26. The number of carboxylic acids is 1. The molecule has 0 aliphatic carbocycles. The molecule has 2 aliphatic rings. The summed E-state index contributed by atoms with van der Waals surface area (Å²) in [5, 5.41) is 12.1. The molecule has 2 saturated heterocycles. The van der Waals surface area contributed by atoms with Crippen LogP contribution in [-0.4, -0.2) is 84.3 Å². The van der Waals surface area contributed by atoms with Gasteiger partial charge in [0.2, 0.25) is 5.91 Å². The molecule has 1 amide bonds. The Labute approximate surface area is 125 Å². The Balaban J connectivity index is 1.98. The van der Waals surface area contributed by atoms with Gasteiger partial charge in [-0.2, -0.15) is 0 Å². The van der Waals surface area contributed by atoms with Crippen molar-refractivity contribution in [2.75, 3.05) is 45.9 Å². The first-order valence-electron chi connectivity index (χ1n) is 7.50. The van der Waals surface area contributed by atoms with Gasteiger partial charge in [-0.15, -0.1) is 0 Å². The van der Waals surface area contributed by atoms with Crippen molar-refractivity contribution in [3.05, 3.63) is 0 Å². The lowest BCUT2D eigenvalue weighted by atomic mass is 9.98. The monoisotopic (exact) mass is 299 g/mol. The number of piperazine rings is 1. The number of hydrogen-bond donors (Lipinski definition) is 2. The van der Waals surface area contributed by atoms with Gasteiger partial charge in [0, 0.05) is 39.3 Å². The van der Waals surface area contributed by atoms with E-state index in [9.17, 15) is 9.59 Å². The molecular weight excluding hydrogens is 274 g/mol. The smallest absolute Gasteiger partial charge is 0.306 e. The molecule has 0 aromatic carbocycles. The van der Waals surface area contributed by atoms with E-state index in [1.807, 2.05) is 13.8 Å². The molecule has 21 heavy (non-hydrogen) atoms. The molecule has 2 aliphatic heterocycles. The van der Waals surface area contributed by atoms with Crippen LogP contribution < -0.4 is 5.32 Å². The highest BCUT2D eigenvalue weighted by Crippen LogP contribution is 2.20. The van der Waals surface area contributed by atoms with Gasteiger partial charge in [-0.1, -0.05) is 0 Å². The Bertz CT molecular complexity index is 394. The lowest BCUT2D eigenvalue weighted by Crippen LogP contribution is -2.62. The van der Waals surface area contributed by atoms with E-state index in [-0.39, 0.29) is 12.3 Å². The maximum absolute atomic E-state index is 12.8. The second-order valence-corrected chi connectivity index (χ2v) is 6.14. The Morgan fingerprint density at radius 1 is 1.29 bits per heavy atom. The van der Waals surface area contributed by atoms with Crippen LogP contribution in [0, 0.1) is 0 Å². The van der Waals surface area contributed by atoms with E-state index in [1.165, 1.54) is 0 Å². The normalized spacial score (nSPS) is 24.9. The first-order valence-corrected chi connectivity index (χ1v) is 7.50. The number of carbonyl (C=O) groups excluding carboxylic acids is 1. The standard InChI is InChI=1S/C14H25N3O4/c1-14(2,17-5-3-15-4-6-17)13(20)16-7-8-21-11(10-16)9-12(18)19/h11,15H,3-10H2,1-2H3,(H,18,19). The number of morpholine rings is 1. The van der Waals surface area contributed by atoms with Crippen LogP contribution in [0.4, 0.5) is 0 Å². The van der Waals surface area contributed by atoms with Crippen LogP contribution in [0.5, 0.6) is 0 Å². The maximum atomic E-state index is 12.8. The SMILES string of the molecule is CC(C)(C(=O)N1CCOC(CC(=O)O)C1)N1CCNCC1. The highest BCUT2D eigenvalue weighted by atomic mass is 16.5. The molecule has 0 aromatic heterocycles. The summed E-state index contributed by atoms with van der Waals surface area (Å²) in [5.41, 5.74) is -0.562. The average molecular weight is 299 g/mol. The fourth-order valence-corrected chi connectivity index (χ4v) is 2.97. The van der Waals surface area contributed by atoms with Crippen molar-refractivity contribution in [2.24, 2.45) is 0 Å². The molecule has 2 N–H and O–H groups in total. The quantitative estimate of drug-likeness (QED) is 0.719. The fourth-order valence-electron chi connectivity index (χ4n) is 2.97. The molecule has 2 heterocycles. The van der Waals surface area contributed by atoms with Crippen molar-refractivity contribution in [2.45, 2.75) is 31.9 Å². The van der Waals surface area contributed by atoms with Gasteiger partial charge >= 0.3 is 5.97 Å². The highest BCUT2D eigenvalue weighted by molar-refractivity contribution is 5.85. The molecule has 0 spiro atoms. The highest BCUT2D eigenvalue weighted by Gasteiger charge is 2.39. The van der Waals surface area contributed by atoms with E-state index in [0.29, 0.717) is 19.7 Å². The Morgan fingerprint density at radius 3 is 2.57 bits per heavy atom. The second kappa shape index (κ2) is 6.72. The topological polar surface area (TPSA) is 82.1 Å². The predicted octanol–water partition coefficient (Wildman–Crippen LogP) is -0.628. The minimum absolute atomic E-state index is 0.0577. The van der Waals surface area contributed by atoms with Crippen molar-refractivity contribution < 1.29 is 19.4 Å². The number of nitrogens with zero attached hydrogens (tertiary/aromatic N) is 2. The Morgan fingerprint density at radius 2 is 1.95 bits per heavy atom. The summed E-state index contributed by atoms with van der Waals surface area (Å²) in [7, 11) is 0. The average Bonchev–Trinajstić information content (AvgIpc) is 2.47. The number of nitrogens with one attached hydrogen (secondary N) is 1. The van der Waals surface area contributed by atoms with Crippen molar-refractivity contribution in [1.82, 2.24) is 15.1 Å². The van der Waals surface area contributed by atoms with Crippen LogP contribution in [0.2, 0.25) is 0 Å². The van der Waals surface area contributed by atoms with Gasteiger partial charge in [-0.25, -0.2) is 0 Å². The number of carboxylic acid groups (broad SMARTS) is 1. The summed E-state index contributed by atoms with van der Waals surface area (Å²) in [5.74, 6) is -0.834. The minimum Gasteiger partial charge on any atom is -0.481 e. The first kappa shape index (κ1) is 16.2. The van der Waals surface area contributed by atoms with E-state index in [0.717, 1.165) is 26.2 Å². The lowest BCUT2D eigenvalue weighted by molar-refractivity contribution is -0.154. The van der Waals surface area contributed by atoms with Gasteiger partial charge in [0.1, 0.15) is 0 Å². The van der Waals surface area contributed by atoms with Crippen molar-refractivity contribution in [3.8, 4) is 0 Å². The van der Waals surface area contributed by atoms with Gasteiger partial charge in [0.05, 0.1) is 24.7 Å². The summed E-state index contributed by atoms with van der Waals surface area (Å²) in [4.78, 5) is 27.5. The van der Waals surface area contributed by atoms with Crippen LogP contribution in [0.3, 0.4) is 0 Å². The van der Waals surface area contributed by atoms with E-state index >= 15 is 0 Å². The van der Waals surface area contributed by atoms with Gasteiger partial charge in [-0.3, -0.25) is 14.5 Å². The van der Waals surface area contributed by atoms with Gasteiger partial charge in [0.15, 0.2) is 0 Å². The Kier molecular flexibility index (Phi) is 5.18. The summed E-state index contributed by atoms with van der Waals surface area (Å²) < 4.78 is 5.43. The van der Waals surface area contributed by atoms with E-state index in [2.05, 4.69) is 10.2 Å². The first-order chi connectivity index (χ1) is 9.91. The molecule has 0 aromatic rings. The molecule has 0 saturated carbocycles. The molecule has 7 heteroatoms. The van der Waals surface area contributed by atoms with E-state index in [4.69, 9.17) is 9.84 Å². The number of carbonyl (C=O) groups is 2. The number of ether oxygens (including phenoxy) is 1. The van der Waals surface area contributed by atoms with Crippen LogP contribution in [0.15, 0.2) is 0 Å². The lowest BCUT2D eigenvalue weighted by Gasteiger charge is -2.44. The molecular formula is C14H25N3O4. The molecule has 1 atom stereocenters. The minimum atomic E-state index is -0.893. The largest absolute Gasteiger partial charge is 0.481 e. The third kappa shape index (κ3) is 3.93. The molecule has 2 fully saturated rings. The van der Waals surface area contributed by atoms with Crippen LogP contribution in [0.25, 0.3) is 0 Å². The van der Waals surface area contributed by atoms with E-state index in [1.54, 1.807) is 4.90 Å². The number of aliphatic carboxylic acids is 1. The maximum Gasteiger partial charge on any atom is 0.306 e. The fraction of sp³-hybridized carbons (Fsp3) is 0.857. The number of hydrogen-bond acceptors (Lipinski definition) is 5. The zero-order chi connectivity index (χ0) is 15.5. The second-order valence-electron chi connectivity index (χ2n) is 6.14. The van der Waals surface area contributed by atoms with Crippen LogP contribution in [0.1, 0.15) is 20.3 Å². The van der Waals surface area contributed by atoms with Gasteiger partial charge in [0.25, 0.3) is 0 Å². The number of amides is 1.